The summed E-state index contributed by atoms with van der Waals surface area (Å²) < 4.78 is 25.3. The molecule has 1 aliphatic heterocycles. The molecule has 88 valence electrons. The van der Waals surface area contributed by atoms with Gasteiger partial charge in [0.2, 0.25) is 10.0 Å². The van der Waals surface area contributed by atoms with E-state index in [0.717, 1.165) is 12.1 Å². The van der Waals surface area contributed by atoms with E-state index in [1.807, 2.05) is 30.3 Å². The predicted octanol–water partition coefficient (Wildman–Crippen LogP) is 0.422. The van der Waals surface area contributed by atoms with Crippen LogP contribution in [0.25, 0.3) is 0 Å². The van der Waals surface area contributed by atoms with Crippen molar-refractivity contribution in [1.29, 1.82) is 0 Å². The van der Waals surface area contributed by atoms with Crippen molar-refractivity contribution in [1.82, 2.24) is 9.62 Å². The second-order valence-electron chi connectivity index (χ2n) is 3.89. The average Bonchev–Trinajstić information content (AvgIpc) is 2.43. The summed E-state index contributed by atoms with van der Waals surface area (Å²) in [7, 11) is -3.09. The van der Waals surface area contributed by atoms with E-state index in [1.165, 1.54) is 0 Å². The van der Waals surface area contributed by atoms with Gasteiger partial charge in [0, 0.05) is 26.2 Å². The van der Waals surface area contributed by atoms with Crippen molar-refractivity contribution in [3.05, 3.63) is 35.9 Å². The first kappa shape index (κ1) is 11.6. The van der Waals surface area contributed by atoms with Gasteiger partial charge in [-0.1, -0.05) is 30.3 Å². The Hall–Kier alpha value is -0.910. The van der Waals surface area contributed by atoms with Crippen LogP contribution in [-0.4, -0.2) is 38.1 Å². The van der Waals surface area contributed by atoms with Crippen LogP contribution < -0.4 is 5.32 Å². The number of rotatable bonds is 2. The topological polar surface area (TPSA) is 49.4 Å². The van der Waals surface area contributed by atoms with E-state index in [4.69, 9.17) is 0 Å². The smallest absolute Gasteiger partial charge is 0.215 e. The lowest BCUT2D eigenvalue weighted by atomic mass is 10.2. The second-order valence-corrected chi connectivity index (χ2v) is 5.97. The Morgan fingerprint density at radius 3 is 2.69 bits per heavy atom. The zero-order valence-electron chi connectivity index (χ0n) is 9.09. The minimum absolute atomic E-state index is 0.194. The number of sulfonamides is 1. The summed E-state index contributed by atoms with van der Waals surface area (Å²) >= 11 is 0. The fraction of sp³-hybridized carbons (Fsp3) is 0.455. The summed E-state index contributed by atoms with van der Waals surface area (Å²) in [6, 6.07) is 9.69. The molecule has 0 aromatic heterocycles. The Morgan fingerprint density at radius 2 is 1.94 bits per heavy atom. The fourth-order valence-electron chi connectivity index (χ4n) is 1.76. The zero-order valence-corrected chi connectivity index (χ0v) is 9.91. The SMILES string of the molecule is O=S1(=O)CCNCCN1Cc1ccccc1. The maximum atomic E-state index is 11.9. The summed E-state index contributed by atoms with van der Waals surface area (Å²) in [6.07, 6.45) is 0. The first-order chi connectivity index (χ1) is 7.68. The van der Waals surface area contributed by atoms with Crippen molar-refractivity contribution >= 4 is 10.0 Å². The van der Waals surface area contributed by atoms with Crippen molar-refractivity contribution in [2.75, 3.05) is 25.4 Å². The molecule has 0 atom stereocenters. The largest absolute Gasteiger partial charge is 0.314 e. The Labute approximate surface area is 96.3 Å². The third-order valence-corrected chi connectivity index (χ3v) is 4.49. The highest BCUT2D eigenvalue weighted by atomic mass is 32.2. The summed E-state index contributed by atoms with van der Waals surface area (Å²) in [6.45, 7) is 2.31. The third kappa shape index (κ3) is 2.81. The molecule has 1 heterocycles. The van der Waals surface area contributed by atoms with Gasteiger partial charge in [0.15, 0.2) is 0 Å². The monoisotopic (exact) mass is 240 g/mol. The predicted molar refractivity (Wildman–Crippen MR) is 63.5 cm³/mol. The van der Waals surface area contributed by atoms with E-state index in [0.29, 0.717) is 19.6 Å². The molecule has 0 spiro atoms. The molecule has 1 fully saturated rings. The molecular formula is C11H16N2O2S. The molecule has 5 heteroatoms. The number of nitrogens with one attached hydrogen (secondary N) is 1. The molecule has 1 saturated heterocycles. The summed E-state index contributed by atoms with van der Waals surface area (Å²) in [5.41, 5.74) is 1.04. The molecule has 0 radical (unpaired) electrons. The average molecular weight is 240 g/mol. The Balaban J connectivity index is 2.13. The van der Waals surface area contributed by atoms with Gasteiger partial charge in [0.05, 0.1) is 5.75 Å². The van der Waals surface area contributed by atoms with E-state index >= 15 is 0 Å². The Bertz CT molecular complexity index is 431. The molecule has 0 aliphatic carbocycles. The van der Waals surface area contributed by atoms with E-state index < -0.39 is 10.0 Å². The van der Waals surface area contributed by atoms with Crippen LogP contribution in [0.3, 0.4) is 0 Å². The van der Waals surface area contributed by atoms with Crippen molar-refractivity contribution < 1.29 is 8.42 Å². The Morgan fingerprint density at radius 1 is 1.19 bits per heavy atom. The highest BCUT2D eigenvalue weighted by molar-refractivity contribution is 7.89. The molecule has 0 unspecified atom stereocenters. The van der Waals surface area contributed by atoms with Gasteiger partial charge >= 0.3 is 0 Å². The van der Waals surface area contributed by atoms with Crippen molar-refractivity contribution in [2.45, 2.75) is 6.54 Å². The van der Waals surface area contributed by atoms with Crippen LogP contribution in [0.4, 0.5) is 0 Å². The maximum absolute atomic E-state index is 11.9. The molecule has 16 heavy (non-hydrogen) atoms. The molecule has 0 amide bonds. The first-order valence-corrected chi connectivity index (χ1v) is 7.02. The van der Waals surface area contributed by atoms with Crippen LogP contribution in [0.15, 0.2) is 30.3 Å². The van der Waals surface area contributed by atoms with E-state index in [2.05, 4.69) is 5.32 Å². The third-order valence-electron chi connectivity index (χ3n) is 2.67. The van der Waals surface area contributed by atoms with Gasteiger partial charge in [-0.05, 0) is 5.56 Å². The molecule has 0 bridgehead atoms. The first-order valence-electron chi connectivity index (χ1n) is 5.41. The van der Waals surface area contributed by atoms with Crippen LogP contribution in [0.1, 0.15) is 5.56 Å². The quantitative estimate of drug-likeness (QED) is 0.815. The number of hydrogen-bond donors (Lipinski definition) is 1. The van der Waals surface area contributed by atoms with Gasteiger partial charge in [-0.15, -0.1) is 0 Å². The number of benzene rings is 1. The van der Waals surface area contributed by atoms with Crippen LogP contribution in [0.5, 0.6) is 0 Å². The van der Waals surface area contributed by atoms with E-state index in [1.54, 1.807) is 4.31 Å². The molecule has 4 nitrogen and oxygen atoms in total. The van der Waals surface area contributed by atoms with E-state index in [9.17, 15) is 8.42 Å². The fourth-order valence-corrected chi connectivity index (χ4v) is 3.14. The molecule has 1 aliphatic rings. The van der Waals surface area contributed by atoms with Crippen LogP contribution >= 0.6 is 0 Å². The lowest BCUT2D eigenvalue weighted by Gasteiger charge is -2.19. The highest BCUT2D eigenvalue weighted by Gasteiger charge is 2.23. The molecule has 2 rings (SSSR count). The van der Waals surface area contributed by atoms with Crippen LogP contribution in [0, 0.1) is 0 Å². The molecule has 0 saturated carbocycles. The second kappa shape index (κ2) is 4.95. The van der Waals surface area contributed by atoms with Crippen molar-refractivity contribution in [2.24, 2.45) is 0 Å². The molecule has 1 aromatic carbocycles. The minimum Gasteiger partial charge on any atom is -0.314 e. The lowest BCUT2D eigenvalue weighted by molar-refractivity contribution is 0.415. The maximum Gasteiger partial charge on any atom is 0.215 e. The van der Waals surface area contributed by atoms with Gasteiger partial charge in [-0.2, -0.15) is 4.31 Å². The normalized spacial score (nSPS) is 21.5. The van der Waals surface area contributed by atoms with Gasteiger partial charge < -0.3 is 5.32 Å². The zero-order chi connectivity index (χ0) is 11.4. The van der Waals surface area contributed by atoms with Crippen molar-refractivity contribution in [3.63, 3.8) is 0 Å². The van der Waals surface area contributed by atoms with Crippen LogP contribution in [0.2, 0.25) is 0 Å². The minimum atomic E-state index is -3.09. The number of hydrogen-bond acceptors (Lipinski definition) is 3. The highest BCUT2D eigenvalue weighted by Crippen LogP contribution is 2.10. The van der Waals surface area contributed by atoms with Gasteiger partial charge in [-0.3, -0.25) is 0 Å². The standard InChI is InChI=1S/C11H16N2O2S/c14-16(15)9-7-12-6-8-13(16)10-11-4-2-1-3-5-11/h1-5,12H,6-10H2. The van der Waals surface area contributed by atoms with E-state index in [-0.39, 0.29) is 5.75 Å². The molecule has 1 N–H and O–H groups in total. The lowest BCUT2D eigenvalue weighted by Crippen LogP contribution is -2.33. The van der Waals surface area contributed by atoms with Crippen LogP contribution in [-0.2, 0) is 16.6 Å². The van der Waals surface area contributed by atoms with Gasteiger partial charge in [0.1, 0.15) is 0 Å². The number of nitrogens with zero attached hydrogens (tertiary/aromatic N) is 1. The molecular weight excluding hydrogens is 224 g/mol. The summed E-state index contributed by atoms with van der Waals surface area (Å²) in [5.74, 6) is 0.194. The van der Waals surface area contributed by atoms with Gasteiger partial charge in [-0.25, -0.2) is 8.42 Å². The van der Waals surface area contributed by atoms with Crippen molar-refractivity contribution in [3.8, 4) is 0 Å². The Kier molecular flexibility index (Phi) is 3.58. The summed E-state index contributed by atoms with van der Waals surface area (Å²) in [4.78, 5) is 0. The molecule has 1 aromatic rings. The summed E-state index contributed by atoms with van der Waals surface area (Å²) in [5, 5.41) is 3.10. The van der Waals surface area contributed by atoms with Gasteiger partial charge in [0.25, 0.3) is 0 Å².